The molecular weight excluding hydrogens is 381 g/mol. The molecule has 2 aromatic rings. The highest BCUT2D eigenvalue weighted by Crippen LogP contribution is 2.24. The Bertz CT molecular complexity index is 620. The molecule has 2 rings (SSSR count). The molecule has 0 aromatic heterocycles. The number of rotatable bonds is 6. The zero-order chi connectivity index (χ0) is 15.2. The Morgan fingerprint density at radius 1 is 1.24 bits per heavy atom. The van der Waals surface area contributed by atoms with Crippen LogP contribution in [0.5, 0.6) is 0 Å². The van der Waals surface area contributed by atoms with Crippen LogP contribution in [0.2, 0.25) is 0 Å². The maximum absolute atomic E-state index is 10.8. The van der Waals surface area contributed by atoms with Crippen molar-refractivity contribution in [2.24, 2.45) is 5.73 Å². The molecular formula is C15H16IN3O2. The summed E-state index contributed by atoms with van der Waals surface area (Å²) in [7, 11) is 0. The van der Waals surface area contributed by atoms with E-state index >= 15 is 0 Å². The Hall–Kier alpha value is -1.67. The van der Waals surface area contributed by atoms with Gasteiger partial charge < -0.3 is 11.1 Å². The summed E-state index contributed by atoms with van der Waals surface area (Å²) in [4.78, 5) is 10.4. The van der Waals surface area contributed by atoms with Crippen molar-refractivity contribution in [1.29, 1.82) is 0 Å². The Morgan fingerprint density at radius 3 is 2.57 bits per heavy atom. The van der Waals surface area contributed by atoms with Gasteiger partial charge in [-0.15, -0.1) is 0 Å². The number of hydrogen-bond acceptors (Lipinski definition) is 4. The molecule has 0 fully saturated rings. The fraction of sp³-hybridized carbons (Fsp3) is 0.200. The van der Waals surface area contributed by atoms with Crippen molar-refractivity contribution in [3.63, 3.8) is 0 Å². The molecule has 0 saturated heterocycles. The van der Waals surface area contributed by atoms with E-state index in [0.717, 1.165) is 17.7 Å². The lowest BCUT2D eigenvalue weighted by Crippen LogP contribution is -2.15. The molecule has 0 heterocycles. The minimum Gasteiger partial charge on any atom is -0.385 e. The van der Waals surface area contributed by atoms with Gasteiger partial charge in [-0.05, 0) is 46.7 Å². The number of nitrogens with zero attached hydrogens (tertiary/aromatic N) is 1. The molecule has 0 aliphatic rings. The zero-order valence-electron chi connectivity index (χ0n) is 11.3. The van der Waals surface area contributed by atoms with Crippen LogP contribution in [0.3, 0.4) is 0 Å². The van der Waals surface area contributed by atoms with E-state index in [4.69, 9.17) is 5.73 Å². The van der Waals surface area contributed by atoms with Gasteiger partial charge in [-0.25, -0.2) is 0 Å². The molecule has 21 heavy (non-hydrogen) atoms. The van der Waals surface area contributed by atoms with Gasteiger partial charge in [-0.3, -0.25) is 10.1 Å². The summed E-state index contributed by atoms with van der Waals surface area (Å²) in [5.74, 6) is 0. The number of halogens is 1. The van der Waals surface area contributed by atoms with Crippen LogP contribution < -0.4 is 11.1 Å². The summed E-state index contributed by atoms with van der Waals surface area (Å²) in [5, 5.41) is 14.0. The Morgan fingerprint density at radius 2 is 1.95 bits per heavy atom. The van der Waals surface area contributed by atoms with Crippen molar-refractivity contribution in [3.05, 3.63) is 67.8 Å². The van der Waals surface area contributed by atoms with Crippen LogP contribution in [0.25, 0.3) is 0 Å². The zero-order valence-corrected chi connectivity index (χ0v) is 13.5. The third-order valence-electron chi connectivity index (χ3n) is 3.16. The number of nitro groups is 1. The van der Waals surface area contributed by atoms with Gasteiger partial charge >= 0.3 is 0 Å². The fourth-order valence-electron chi connectivity index (χ4n) is 2.00. The van der Waals surface area contributed by atoms with Crippen molar-refractivity contribution in [2.75, 3.05) is 11.9 Å². The number of nitrogens with two attached hydrogens (primary N) is 1. The quantitative estimate of drug-likeness (QED) is 0.443. The summed E-state index contributed by atoms with van der Waals surface area (Å²) in [6, 6.07) is 14.9. The summed E-state index contributed by atoms with van der Waals surface area (Å²) < 4.78 is 0.620. The first-order valence-corrected chi connectivity index (χ1v) is 7.64. The highest BCUT2D eigenvalue weighted by molar-refractivity contribution is 14.1. The number of benzene rings is 2. The number of anilines is 1. The second-order valence-electron chi connectivity index (χ2n) is 4.66. The molecule has 0 radical (unpaired) electrons. The van der Waals surface area contributed by atoms with Gasteiger partial charge in [-0.2, -0.15) is 0 Å². The van der Waals surface area contributed by atoms with Crippen LogP contribution in [-0.4, -0.2) is 11.5 Å². The topological polar surface area (TPSA) is 81.2 Å². The molecule has 0 aliphatic heterocycles. The third kappa shape index (κ3) is 4.40. The normalized spacial score (nSPS) is 11.9. The smallest absolute Gasteiger partial charge is 0.282 e. The van der Waals surface area contributed by atoms with E-state index in [9.17, 15) is 10.1 Å². The first kappa shape index (κ1) is 15.7. The molecule has 1 atom stereocenters. The SMILES string of the molecule is NC(CCNc1ccc([N+](=O)[O-])c(I)c1)c1ccccc1. The van der Waals surface area contributed by atoms with Crippen LogP contribution >= 0.6 is 22.6 Å². The lowest BCUT2D eigenvalue weighted by atomic mass is 10.1. The monoisotopic (exact) mass is 397 g/mol. The summed E-state index contributed by atoms with van der Waals surface area (Å²) >= 11 is 1.97. The highest BCUT2D eigenvalue weighted by Gasteiger charge is 2.11. The lowest BCUT2D eigenvalue weighted by molar-refractivity contribution is -0.385. The average molecular weight is 397 g/mol. The predicted octanol–water partition coefficient (Wildman–Crippen LogP) is 3.70. The summed E-state index contributed by atoms with van der Waals surface area (Å²) in [6.07, 6.45) is 0.789. The molecule has 0 spiro atoms. The van der Waals surface area contributed by atoms with E-state index in [2.05, 4.69) is 5.32 Å². The summed E-state index contributed by atoms with van der Waals surface area (Å²) in [6.45, 7) is 0.712. The number of hydrogen-bond donors (Lipinski definition) is 2. The number of nitro benzene ring substituents is 1. The summed E-state index contributed by atoms with van der Waals surface area (Å²) in [5.41, 5.74) is 8.22. The minimum atomic E-state index is -0.378. The Kier molecular flexibility index (Phi) is 5.51. The van der Waals surface area contributed by atoms with Crippen molar-refractivity contribution in [1.82, 2.24) is 0 Å². The van der Waals surface area contributed by atoms with Crippen LogP contribution in [0.1, 0.15) is 18.0 Å². The maximum atomic E-state index is 10.8. The predicted molar refractivity (Wildman–Crippen MR) is 92.3 cm³/mol. The molecule has 2 aromatic carbocycles. The highest BCUT2D eigenvalue weighted by atomic mass is 127. The fourth-order valence-corrected chi connectivity index (χ4v) is 2.72. The van der Waals surface area contributed by atoms with E-state index < -0.39 is 0 Å². The lowest BCUT2D eigenvalue weighted by Gasteiger charge is -2.13. The average Bonchev–Trinajstić information content (AvgIpc) is 2.47. The first-order valence-electron chi connectivity index (χ1n) is 6.56. The second kappa shape index (κ2) is 7.37. The second-order valence-corrected chi connectivity index (χ2v) is 5.82. The maximum Gasteiger partial charge on any atom is 0.282 e. The van der Waals surface area contributed by atoms with Gasteiger partial charge in [0.05, 0.1) is 8.49 Å². The molecule has 0 saturated carbocycles. The standard InChI is InChI=1S/C15H16IN3O2/c16-13-10-12(6-7-15(13)19(20)21)18-9-8-14(17)11-4-2-1-3-5-11/h1-7,10,14,18H,8-9,17H2. The van der Waals surface area contributed by atoms with Gasteiger partial charge in [-0.1, -0.05) is 30.3 Å². The van der Waals surface area contributed by atoms with Crippen molar-refractivity contribution in [3.8, 4) is 0 Å². The van der Waals surface area contributed by atoms with Crippen molar-refractivity contribution in [2.45, 2.75) is 12.5 Å². The van der Waals surface area contributed by atoms with E-state index in [1.807, 2.05) is 52.9 Å². The van der Waals surface area contributed by atoms with Gasteiger partial charge in [0.15, 0.2) is 0 Å². The van der Waals surface area contributed by atoms with E-state index in [-0.39, 0.29) is 16.7 Å². The van der Waals surface area contributed by atoms with Crippen molar-refractivity contribution >= 4 is 34.0 Å². The van der Waals surface area contributed by atoms with Gasteiger partial charge in [0.2, 0.25) is 0 Å². The molecule has 6 heteroatoms. The van der Waals surface area contributed by atoms with Gasteiger partial charge in [0, 0.05) is 24.3 Å². The molecule has 1 unspecified atom stereocenters. The Labute approximate surface area is 136 Å². The third-order valence-corrected chi connectivity index (χ3v) is 4.02. The molecule has 0 aliphatic carbocycles. The molecule has 3 N–H and O–H groups in total. The van der Waals surface area contributed by atoms with Crippen LogP contribution in [0, 0.1) is 13.7 Å². The number of nitrogens with one attached hydrogen (secondary N) is 1. The van der Waals surface area contributed by atoms with E-state index in [1.54, 1.807) is 12.1 Å². The first-order chi connectivity index (χ1) is 10.1. The van der Waals surface area contributed by atoms with E-state index in [1.165, 1.54) is 6.07 Å². The minimum absolute atomic E-state index is 0.0178. The van der Waals surface area contributed by atoms with Crippen LogP contribution in [-0.2, 0) is 0 Å². The Balaban J connectivity index is 1.89. The van der Waals surface area contributed by atoms with Gasteiger partial charge in [0.25, 0.3) is 5.69 Å². The molecule has 110 valence electrons. The molecule has 5 nitrogen and oxygen atoms in total. The van der Waals surface area contributed by atoms with Crippen LogP contribution in [0.15, 0.2) is 48.5 Å². The molecule has 0 bridgehead atoms. The van der Waals surface area contributed by atoms with Crippen molar-refractivity contribution < 1.29 is 4.92 Å². The largest absolute Gasteiger partial charge is 0.385 e. The van der Waals surface area contributed by atoms with Gasteiger partial charge in [0.1, 0.15) is 0 Å². The van der Waals surface area contributed by atoms with Crippen LogP contribution in [0.4, 0.5) is 11.4 Å². The van der Waals surface area contributed by atoms with E-state index in [0.29, 0.717) is 10.1 Å². The molecule has 0 amide bonds.